The normalized spacial score (nSPS) is 2.18. The maximum Gasteiger partial charge on any atom is 2.00 e. The summed E-state index contributed by atoms with van der Waals surface area (Å²) in [6.07, 6.45) is -2.33. The fourth-order valence-electron chi connectivity index (χ4n) is 0. The maximum atomic E-state index is 8.33. The summed E-state index contributed by atoms with van der Waals surface area (Å²) in [6, 6.07) is 0. The Labute approximate surface area is 71.4 Å². The minimum absolute atomic E-state index is 0. The average molecular weight is 227 g/mol. The van der Waals surface area contributed by atoms with E-state index in [0.29, 0.717) is 0 Å². The van der Waals surface area contributed by atoms with E-state index in [0.717, 1.165) is 0 Å². The first-order chi connectivity index (χ1) is 1.73. The summed E-state index contributed by atoms with van der Waals surface area (Å²) >= 11 is 0. The third kappa shape index (κ3) is 2370. The summed E-state index contributed by atoms with van der Waals surface area (Å²) in [5, 5.41) is 16.7. The molecule has 0 heterocycles. The third-order valence-corrected chi connectivity index (χ3v) is 0. The molecule has 10 heteroatoms. The molecule has 11 heavy (non-hydrogen) atoms. The Balaban J connectivity index is -0.00000000214. The molecular weight excluding hydrogens is 215 g/mol. The summed E-state index contributed by atoms with van der Waals surface area (Å²) in [6.45, 7) is 0. The van der Waals surface area contributed by atoms with Gasteiger partial charge >= 0.3 is 16.5 Å². The van der Waals surface area contributed by atoms with Crippen molar-refractivity contribution >= 4 is 6.16 Å². The van der Waals surface area contributed by atoms with E-state index in [1.54, 1.807) is 0 Å². The maximum absolute atomic E-state index is 8.33. The van der Waals surface area contributed by atoms with Crippen LogP contribution in [0.5, 0.6) is 0 Å². The molecule has 0 aromatic heterocycles. The summed E-state index contributed by atoms with van der Waals surface area (Å²) in [4.78, 5) is 8.33. The molecule has 0 rings (SSSR count). The van der Waals surface area contributed by atoms with E-state index in [4.69, 9.17) is 15.0 Å². The molecule has 0 unspecified atom stereocenters. The first kappa shape index (κ1) is 150. The Morgan fingerprint density at radius 3 is 0.727 bits per heavy atom. The number of hydrogen-bond donors (Lipinski definition) is 0. The molecule has 0 radical (unpaired) electrons. The molecule has 0 amide bonds. The van der Waals surface area contributed by atoms with Crippen molar-refractivity contribution < 1.29 is 64.4 Å². The van der Waals surface area contributed by atoms with Crippen molar-refractivity contribution in [3.05, 3.63) is 0 Å². The smallest absolute Gasteiger partial charge is 0.652 e. The zero-order valence-corrected chi connectivity index (χ0v) is 6.03. The van der Waals surface area contributed by atoms with E-state index in [2.05, 4.69) is 0 Å². The van der Waals surface area contributed by atoms with E-state index in [1.807, 2.05) is 0 Å². The number of rotatable bonds is 0. The van der Waals surface area contributed by atoms with Crippen molar-refractivity contribution in [1.29, 1.82) is 0 Å². The molecule has 12 N–H and O–H groups in total. The predicted molar refractivity (Wildman–Crippen MR) is 27.1 cm³/mol. The molecule has 0 aliphatic carbocycles. The van der Waals surface area contributed by atoms with Crippen LogP contribution in [0.1, 0.15) is 0 Å². The van der Waals surface area contributed by atoms with Gasteiger partial charge in [-0.25, -0.2) is 0 Å². The molecular formula is CH12NiO9. The van der Waals surface area contributed by atoms with Crippen LogP contribution in [0.2, 0.25) is 0 Å². The van der Waals surface area contributed by atoms with Gasteiger partial charge in [0.05, 0.1) is 0 Å². The number of carbonyl (C=O) groups excluding carboxylic acids is 1. The second kappa shape index (κ2) is 109. The van der Waals surface area contributed by atoms with Crippen LogP contribution in [0.3, 0.4) is 0 Å². The minimum Gasteiger partial charge on any atom is -0.652 e. The molecule has 0 bridgehead atoms. The Bertz CT molecular complexity index is 32.5. The van der Waals surface area contributed by atoms with Gasteiger partial charge in [0, 0.05) is 0 Å². The topological polar surface area (TPSA) is 252 Å². The predicted octanol–water partition coefficient (Wildman–Crippen LogP) is -7.40. The van der Waals surface area contributed by atoms with Gasteiger partial charge in [0.2, 0.25) is 0 Å². The first-order valence-corrected chi connectivity index (χ1v) is 0.612. The summed E-state index contributed by atoms with van der Waals surface area (Å²) in [5.74, 6) is 0. The molecule has 80 valence electrons. The zero-order valence-electron chi connectivity index (χ0n) is 5.04. The van der Waals surface area contributed by atoms with Gasteiger partial charge in [-0.2, -0.15) is 0 Å². The molecule has 0 aromatic rings. The number of carbonyl (C=O) groups is 1. The van der Waals surface area contributed by atoms with Gasteiger partial charge in [0.1, 0.15) is 0 Å². The van der Waals surface area contributed by atoms with E-state index in [9.17, 15) is 0 Å². The van der Waals surface area contributed by atoms with Crippen molar-refractivity contribution in [3.8, 4) is 0 Å². The Morgan fingerprint density at radius 2 is 0.727 bits per heavy atom. The van der Waals surface area contributed by atoms with Crippen molar-refractivity contribution in [2.24, 2.45) is 0 Å². The van der Waals surface area contributed by atoms with Gasteiger partial charge in [0.15, 0.2) is 0 Å². The van der Waals surface area contributed by atoms with Gasteiger partial charge in [-0.3, -0.25) is 0 Å². The SMILES string of the molecule is O.O.O.O.O.O.O=C([O-])[O-].[Ni+2]. The summed E-state index contributed by atoms with van der Waals surface area (Å²) < 4.78 is 0. The van der Waals surface area contributed by atoms with Crippen LogP contribution in [-0.4, -0.2) is 39.0 Å². The Kier molecular flexibility index (Phi) is 1480. The Morgan fingerprint density at radius 1 is 0.727 bits per heavy atom. The first-order valence-electron chi connectivity index (χ1n) is 0.612. The quantitative estimate of drug-likeness (QED) is 0.365. The molecule has 0 aromatic carbocycles. The van der Waals surface area contributed by atoms with Gasteiger partial charge in [0.25, 0.3) is 0 Å². The minimum atomic E-state index is -2.33. The van der Waals surface area contributed by atoms with Crippen LogP contribution in [0.25, 0.3) is 0 Å². The van der Waals surface area contributed by atoms with Gasteiger partial charge in [-0.15, -0.1) is 0 Å². The van der Waals surface area contributed by atoms with Gasteiger partial charge in [-0.05, 0) is 6.16 Å². The largest absolute Gasteiger partial charge is 2.00 e. The van der Waals surface area contributed by atoms with E-state index in [1.165, 1.54) is 0 Å². The standard InChI is InChI=1S/CH2O3.Ni.6H2O/c2-1(3)4;;;;;;;/h(H2,2,3,4);;6*1H2/q;+2;;;;;;/p-2. The summed E-state index contributed by atoms with van der Waals surface area (Å²) in [5.41, 5.74) is 0. The van der Waals surface area contributed by atoms with Gasteiger partial charge < -0.3 is 47.9 Å². The van der Waals surface area contributed by atoms with Gasteiger partial charge in [-0.1, -0.05) is 0 Å². The van der Waals surface area contributed by atoms with Crippen LogP contribution >= 0.6 is 0 Å². The Hall–Kier alpha value is -0.476. The van der Waals surface area contributed by atoms with Crippen LogP contribution in [0.15, 0.2) is 0 Å². The van der Waals surface area contributed by atoms with Crippen molar-refractivity contribution in [1.82, 2.24) is 0 Å². The monoisotopic (exact) mass is 226 g/mol. The molecule has 0 aliphatic heterocycles. The number of carboxylic acid groups (broad SMARTS) is 2. The number of hydrogen-bond acceptors (Lipinski definition) is 3. The molecule has 9 nitrogen and oxygen atoms in total. The molecule has 0 saturated heterocycles. The fraction of sp³-hybridized carbons (Fsp3) is 0. The summed E-state index contributed by atoms with van der Waals surface area (Å²) in [7, 11) is 0. The van der Waals surface area contributed by atoms with E-state index >= 15 is 0 Å². The van der Waals surface area contributed by atoms with Crippen molar-refractivity contribution in [2.75, 3.05) is 0 Å². The zero-order chi connectivity index (χ0) is 3.58. The third-order valence-electron chi connectivity index (χ3n) is 0. The average Bonchev–Trinajstić information content (AvgIpc) is 0.811. The second-order valence-corrected chi connectivity index (χ2v) is 0.250. The van der Waals surface area contributed by atoms with Crippen LogP contribution in [0, 0.1) is 0 Å². The van der Waals surface area contributed by atoms with Crippen LogP contribution in [0.4, 0.5) is 4.79 Å². The van der Waals surface area contributed by atoms with E-state index < -0.39 is 6.16 Å². The van der Waals surface area contributed by atoms with Crippen molar-refractivity contribution in [3.63, 3.8) is 0 Å². The molecule has 0 aliphatic rings. The van der Waals surface area contributed by atoms with E-state index in [-0.39, 0.29) is 49.3 Å². The van der Waals surface area contributed by atoms with Crippen LogP contribution in [-0.2, 0) is 16.5 Å². The molecule has 0 saturated carbocycles. The van der Waals surface area contributed by atoms with Crippen LogP contribution < -0.4 is 10.2 Å². The molecule has 0 atom stereocenters. The molecule has 0 fully saturated rings. The fourth-order valence-corrected chi connectivity index (χ4v) is 0. The molecule has 0 spiro atoms. The second-order valence-electron chi connectivity index (χ2n) is 0.250. The van der Waals surface area contributed by atoms with Crippen molar-refractivity contribution in [2.45, 2.75) is 0 Å².